The van der Waals surface area contributed by atoms with Crippen LogP contribution in [0, 0.1) is 10.1 Å². The fourth-order valence-corrected chi connectivity index (χ4v) is 2.23. The standard InChI is InChI=1S/C15H18N2O7/c1-4-24-14(20)15(13(19)23-3,16-10(2)18)9-11-7-5-6-8-12(11)17(21)22/h5-8H,4,9H2,1-3H3,(H,16,18)/t15-/m0/s1. The third kappa shape index (κ3) is 4.06. The number of rotatable bonds is 7. The lowest BCUT2D eigenvalue weighted by Crippen LogP contribution is -2.62. The molecule has 9 nitrogen and oxygen atoms in total. The monoisotopic (exact) mass is 338 g/mol. The largest absolute Gasteiger partial charge is 0.467 e. The number of esters is 2. The van der Waals surface area contributed by atoms with Crippen LogP contribution in [0.15, 0.2) is 24.3 Å². The maximum atomic E-state index is 12.4. The zero-order chi connectivity index (χ0) is 18.3. The Hall–Kier alpha value is -2.97. The molecule has 0 radical (unpaired) electrons. The number of para-hydroxylation sites is 1. The van der Waals surface area contributed by atoms with E-state index in [0.29, 0.717) is 0 Å². The third-order valence-corrected chi connectivity index (χ3v) is 3.19. The molecule has 0 saturated carbocycles. The third-order valence-electron chi connectivity index (χ3n) is 3.19. The molecule has 0 unspecified atom stereocenters. The fourth-order valence-electron chi connectivity index (χ4n) is 2.23. The van der Waals surface area contributed by atoms with E-state index in [9.17, 15) is 24.5 Å². The predicted octanol–water partition coefficient (Wildman–Crippen LogP) is 0.748. The van der Waals surface area contributed by atoms with Gasteiger partial charge in [-0.2, -0.15) is 0 Å². The molecule has 0 fully saturated rings. The van der Waals surface area contributed by atoms with Crippen LogP contribution in [0.2, 0.25) is 0 Å². The number of ether oxygens (including phenoxy) is 2. The van der Waals surface area contributed by atoms with Crippen molar-refractivity contribution in [1.29, 1.82) is 0 Å². The minimum Gasteiger partial charge on any atom is -0.467 e. The number of carbonyl (C=O) groups excluding carboxylic acids is 3. The number of nitrogens with zero attached hydrogens (tertiary/aromatic N) is 1. The summed E-state index contributed by atoms with van der Waals surface area (Å²) < 4.78 is 9.51. The van der Waals surface area contributed by atoms with Crippen molar-refractivity contribution < 1.29 is 28.8 Å². The molecule has 0 aromatic heterocycles. The first kappa shape index (κ1) is 19.1. The van der Waals surface area contributed by atoms with Crippen LogP contribution in [-0.2, 0) is 30.3 Å². The molecule has 0 saturated heterocycles. The molecular weight excluding hydrogens is 320 g/mol. The summed E-state index contributed by atoms with van der Waals surface area (Å²) in [6, 6.07) is 5.58. The summed E-state index contributed by atoms with van der Waals surface area (Å²) in [5.74, 6) is -2.81. The number of nitrogens with one attached hydrogen (secondary N) is 1. The van der Waals surface area contributed by atoms with Gasteiger partial charge in [-0.15, -0.1) is 0 Å². The van der Waals surface area contributed by atoms with Gasteiger partial charge in [-0.1, -0.05) is 18.2 Å². The van der Waals surface area contributed by atoms with Crippen molar-refractivity contribution in [3.05, 3.63) is 39.9 Å². The van der Waals surface area contributed by atoms with Crippen molar-refractivity contribution in [2.24, 2.45) is 0 Å². The maximum Gasteiger partial charge on any atom is 0.344 e. The van der Waals surface area contributed by atoms with E-state index in [-0.39, 0.29) is 17.9 Å². The molecule has 130 valence electrons. The highest BCUT2D eigenvalue weighted by Crippen LogP contribution is 2.25. The molecule has 0 aliphatic rings. The van der Waals surface area contributed by atoms with E-state index in [1.807, 2.05) is 0 Å². The molecular formula is C15H18N2O7. The van der Waals surface area contributed by atoms with Gasteiger partial charge in [0.2, 0.25) is 11.4 Å². The van der Waals surface area contributed by atoms with Crippen LogP contribution in [0.1, 0.15) is 19.4 Å². The van der Waals surface area contributed by atoms with Crippen molar-refractivity contribution in [2.75, 3.05) is 13.7 Å². The Kier molecular flexibility index (Phi) is 6.39. The highest BCUT2D eigenvalue weighted by atomic mass is 16.6. The van der Waals surface area contributed by atoms with Crippen molar-refractivity contribution in [3.63, 3.8) is 0 Å². The lowest BCUT2D eigenvalue weighted by Gasteiger charge is -2.29. The molecule has 0 heterocycles. The van der Waals surface area contributed by atoms with Gasteiger partial charge < -0.3 is 14.8 Å². The van der Waals surface area contributed by atoms with Crippen molar-refractivity contribution in [1.82, 2.24) is 5.32 Å². The van der Waals surface area contributed by atoms with Gasteiger partial charge in [-0.05, 0) is 6.92 Å². The zero-order valence-electron chi connectivity index (χ0n) is 13.5. The first-order valence-electron chi connectivity index (χ1n) is 7.05. The first-order valence-corrected chi connectivity index (χ1v) is 7.05. The summed E-state index contributed by atoms with van der Waals surface area (Å²) >= 11 is 0. The van der Waals surface area contributed by atoms with Crippen molar-refractivity contribution >= 4 is 23.5 Å². The lowest BCUT2D eigenvalue weighted by atomic mass is 9.89. The number of benzene rings is 1. The Labute approximate surface area is 138 Å². The molecule has 1 aromatic rings. The molecule has 1 aromatic carbocycles. The Morgan fingerprint density at radius 2 is 1.88 bits per heavy atom. The van der Waals surface area contributed by atoms with Gasteiger partial charge in [-0.25, -0.2) is 9.59 Å². The summed E-state index contributed by atoms with van der Waals surface area (Å²) in [4.78, 5) is 46.7. The van der Waals surface area contributed by atoms with Crippen LogP contribution in [-0.4, -0.2) is 42.0 Å². The molecule has 24 heavy (non-hydrogen) atoms. The molecule has 1 N–H and O–H groups in total. The lowest BCUT2D eigenvalue weighted by molar-refractivity contribution is -0.385. The molecule has 1 rings (SSSR count). The summed E-state index contributed by atoms with van der Waals surface area (Å²) in [5, 5.41) is 13.4. The van der Waals surface area contributed by atoms with E-state index < -0.39 is 34.7 Å². The first-order chi connectivity index (χ1) is 11.3. The van der Waals surface area contributed by atoms with Gasteiger partial charge in [0.1, 0.15) is 0 Å². The van der Waals surface area contributed by atoms with Crippen LogP contribution in [0.3, 0.4) is 0 Å². The van der Waals surface area contributed by atoms with Crippen LogP contribution in [0.4, 0.5) is 5.69 Å². The van der Waals surface area contributed by atoms with Gasteiger partial charge >= 0.3 is 11.9 Å². The van der Waals surface area contributed by atoms with Crippen molar-refractivity contribution in [3.8, 4) is 0 Å². The number of nitro groups is 1. The topological polar surface area (TPSA) is 125 Å². The Morgan fingerprint density at radius 3 is 2.38 bits per heavy atom. The van der Waals surface area contributed by atoms with Crippen molar-refractivity contribution in [2.45, 2.75) is 25.8 Å². The molecule has 0 aliphatic heterocycles. The summed E-state index contributed by atoms with van der Waals surface area (Å²) in [6.07, 6.45) is -0.477. The van der Waals surface area contributed by atoms with Gasteiger partial charge in [0, 0.05) is 25.0 Å². The summed E-state index contributed by atoms with van der Waals surface area (Å²) in [7, 11) is 1.04. The summed E-state index contributed by atoms with van der Waals surface area (Å²) in [5.41, 5.74) is -2.42. The van der Waals surface area contributed by atoms with E-state index in [2.05, 4.69) is 10.1 Å². The average Bonchev–Trinajstić information content (AvgIpc) is 2.53. The van der Waals surface area contributed by atoms with E-state index in [1.54, 1.807) is 0 Å². The highest BCUT2D eigenvalue weighted by molar-refractivity contribution is 6.08. The van der Waals surface area contributed by atoms with Crippen LogP contribution in [0.25, 0.3) is 0 Å². The molecule has 0 aliphatic carbocycles. The number of hydrogen-bond donors (Lipinski definition) is 1. The predicted molar refractivity (Wildman–Crippen MR) is 82.0 cm³/mol. The average molecular weight is 338 g/mol. The van der Waals surface area contributed by atoms with Gasteiger partial charge in [0.25, 0.3) is 5.69 Å². The number of methoxy groups -OCH3 is 1. The second kappa shape index (κ2) is 8.04. The molecule has 9 heteroatoms. The molecule has 0 bridgehead atoms. The summed E-state index contributed by atoms with van der Waals surface area (Å²) in [6.45, 7) is 2.59. The van der Waals surface area contributed by atoms with E-state index >= 15 is 0 Å². The fraction of sp³-hybridized carbons (Fsp3) is 0.400. The van der Waals surface area contributed by atoms with E-state index in [4.69, 9.17) is 4.74 Å². The second-order valence-electron chi connectivity index (χ2n) is 4.86. The molecule has 1 amide bonds. The SMILES string of the molecule is CCOC(=O)[C@@](Cc1ccccc1[N+](=O)[O-])(NC(C)=O)C(=O)OC. The number of hydrogen-bond acceptors (Lipinski definition) is 7. The molecule has 0 spiro atoms. The van der Waals surface area contributed by atoms with Crippen LogP contribution >= 0.6 is 0 Å². The minimum absolute atomic E-state index is 0.0476. The Balaban J connectivity index is 3.46. The van der Waals surface area contributed by atoms with E-state index in [1.165, 1.54) is 31.2 Å². The van der Waals surface area contributed by atoms with Crippen LogP contribution < -0.4 is 5.32 Å². The second-order valence-corrected chi connectivity index (χ2v) is 4.86. The Morgan fingerprint density at radius 1 is 1.25 bits per heavy atom. The Bertz CT molecular complexity index is 659. The normalized spacial score (nSPS) is 12.6. The number of carbonyl (C=O) groups is 3. The maximum absolute atomic E-state index is 12.4. The smallest absolute Gasteiger partial charge is 0.344 e. The van der Waals surface area contributed by atoms with E-state index in [0.717, 1.165) is 14.0 Å². The van der Waals surface area contributed by atoms with Gasteiger partial charge in [0.05, 0.1) is 18.6 Å². The highest BCUT2D eigenvalue weighted by Gasteiger charge is 2.50. The van der Waals surface area contributed by atoms with Crippen LogP contribution in [0.5, 0.6) is 0 Å². The van der Waals surface area contributed by atoms with Gasteiger partial charge in [-0.3, -0.25) is 14.9 Å². The molecule has 1 atom stereocenters. The zero-order valence-corrected chi connectivity index (χ0v) is 13.5. The number of nitro benzene ring substituents is 1. The quantitative estimate of drug-likeness (QED) is 0.336. The minimum atomic E-state index is -2.21. The van der Waals surface area contributed by atoms with Gasteiger partial charge in [0.15, 0.2) is 0 Å². The number of amides is 1.